The van der Waals surface area contributed by atoms with Crippen LogP contribution < -0.4 is 9.64 Å². The smallest absolute Gasteiger partial charge is 0.224 e. The normalized spacial score (nSPS) is 10.3. The van der Waals surface area contributed by atoms with Gasteiger partial charge in [0.1, 0.15) is 5.75 Å². The zero-order valence-corrected chi connectivity index (χ0v) is 14.7. The van der Waals surface area contributed by atoms with E-state index in [0.29, 0.717) is 19.6 Å². The molecule has 0 aliphatic heterocycles. The summed E-state index contributed by atoms with van der Waals surface area (Å²) in [6, 6.07) is 7.36. The first-order valence-electron chi connectivity index (χ1n) is 8.24. The Morgan fingerprint density at radius 1 is 1.09 bits per heavy atom. The number of benzene rings is 1. The quantitative estimate of drug-likeness (QED) is 0.702. The number of rotatable bonds is 9. The van der Waals surface area contributed by atoms with Gasteiger partial charge in [0.15, 0.2) is 0 Å². The van der Waals surface area contributed by atoms with Gasteiger partial charge in [-0.25, -0.2) is 0 Å². The van der Waals surface area contributed by atoms with Gasteiger partial charge in [0.05, 0.1) is 6.61 Å². The molecular weight excluding hydrogens is 292 g/mol. The maximum absolute atomic E-state index is 12.1. The third kappa shape index (κ3) is 6.30. The largest absolute Gasteiger partial charge is 0.494 e. The van der Waals surface area contributed by atoms with Crippen molar-refractivity contribution < 1.29 is 14.3 Å². The second kappa shape index (κ2) is 9.87. The van der Waals surface area contributed by atoms with E-state index >= 15 is 0 Å². The summed E-state index contributed by atoms with van der Waals surface area (Å²) in [6.45, 7) is 7.30. The highest BCUT2D eigenvalue weighted by Crippen LogP contribution is 2.20. The lowest BCUT2D eigenvalue weighted by Crippen LogP contribution is -2.35. The van der Waals surface area contributed by atoms with Gasteiger partial charge in [-0.2, -0.15) is 0 Å². The van der Waals surface area contributed by atoms with Crippen molar-refractivity contribution in [3.05, 3.63) is 24.3 Å². The predicted molar refractivity (Wildman–Crippen MR) is 92.8 cm³/mol. The molecule has 1 rings (SSSR count). The molecule has 0 spiro atoms. The molecule has 0 radical (unpaired) electrons. The molecule has 0 aliphatic rings. The number of anilines is 1. The molecule has 2 amide bonds. The minimum Gasteiger partial charge on any atom is -0.494 e. The molecule has 128 valence electrons. The van der Waals surface area contributed by atoms with Crippen LogP contribution in [0.25, 0.3) is 0 Å². The summed E-state index contributed by atoms with van der Waals surface area (Å²) in [5.41, 5.74) is 0.782. The van der Waals surface area contributed by atoms with Crippen LogP contribution >= 0.6 is 0 Å². The lowest BCUT2D eigenvalue weighted by atomic mass is 10.2. The Balaban J connectivity index is 2.65. The second-order valence-corrected chi connectivity index (χ2v) is 5.52. The van der Waals surface area contributed by atoms with Crippen LogP contribution in [0, 0.1) is 0 Å². The van der Waals surface area contributed by atoms with Crippen molar-refractivity contribution in [3.63, 3.8) is 0 Å². The van der Waals surface area contributed by atoms with E-state index in [1.165, 1.54) is 6.92 Å². The number of amides is 2. The summed E-state index contributed by atoms with van der Waals surface area (Å²) >= 11 is 0. The summed E-state index contributed by atoms with van der Waals surface area (Å²) in [6.07, 6.45) is 2.38. The average molecular weight is 320 g/mol. The molecule has 0 atom stereocenters. The standard InChI is InChI=1S/C18H28N2O3/c1-5-7-13-19(4)18(22)12-14-20(15(3)21)16-8-10-17(11-9-16)23-6-2/h8-11H,5-7,12-14H2,1-4H3. The number of carbonyl (C=O) groups excluding carboxylic acids is 2. The molecule has 0 unspecified atom stereocenters. The van der Waals surface area contributed by atoms with E-state index in [-0.39, 0.29) is 11.8 Å². The zero-order valence-electron chi connectivity index (χ0n) is 14.7. The Bertz CT molecular complexity index is 499. The van der Waals surface area contributed by atoms with Gasteiger partial charge >= 0.3 is 0 Å². The molecule has 0 saturated carbocycles. The highest BCUT2D eigenvalue weighted by molar-refractivity contribution is 5.92. The van der Waals surface area contributed by atoms with Crippen molar-refractivity contribution in [1.29, 1.82) is 0 Å². The van der Waals surface area contributed by atoms with E-state index in [1.54, 1.807) is 9.80 Å². The van der Waals surface area contributed by atoms with Gasteiger partial charge in [0.25, 0.3) is 0 Å². The van der Waals surface area contributed by atoms with Gasteiger partial charge in [0, 0.05) is 39.2 Å². The highest BCUT2D eigenvalue weighted by atomic mass is 16.5. The van der Waals surface area contributed by atoms with E-state index in [1.807, 2.05) is 38.2 Å². The molecule has 0 fully saturated rings. The van der Waals surface area contributed by atoms with Crippen LogP contribution in [-0.4, -0.2) is 43.5 Å². The first kappa shape index (κ1) is 19.0. The average Bonchev–Trinajstić information content (AvgIpc) is 2.54. The van der Waals surface area contributed by atoms with Crippen molar-refractivity contribution in [1.82, 2.24) is 4.90 Å². The molecular formula is C18H28N2O3. The molecule has 5 nitrogen and oxygen atoms in total. The lowest BCUT2D eigenvalue weighted by molar-refractivity contribution is -0.129. The summed E-state index contributed by atoms with van der Waals surface area (Å²) in [5.74, 6) is 0.768. The third-order valence-corrected chi connectivity index (χ3v) is 3.66. The molecule has 1 aromatic carbocycles. The van der Waals surface area contributed by atoms with E-state index in [9.17, 15) is 9.59 Å². The van der Waals surface area contributed by atoms with Crippen molar-refractivity contribution >= 4 is 17.5 Å². The number of ether oxygens (including phenoxy) is 1. The monoisotopic (exact) mass is 320 g/mol. The van der Waals surface area contributed by atoms with Crippen LogP contribution in [0.3, 0.4) is 0 Å². The van der Waals surface area contributed by atoms with Crippen molar-refractivity contribution in [2.75, 3.05) is 31.6 Å². The Labute approximate surface area is 139 Å². The fourth-order valence-electron chi connectivity index (χ4n) is 2.28. The molecule has 0 N–H and O–H groups in total. The maximum atomic E-state index is 12.1. The number of hydrogen-bond donors (Lipinski definition) is 0. The highest BCUT2D eigenvalue weighted by Gasteiger charge is 2.15. The summed E-state index contributed by atoms with van der Waals surface area (Å²) in [4.78, 5) is 27.4. The first-order valence-corrected chi connectivity index (χ1v) is 8.24. The van der Waals surface area contributed by atoms with Crippen LogP contribution in [0.4, 0.5) is 5.69 Å². The first-order chi connectivity index (χ1) is 11.0. The van der Waals surface area contributed by atoms with E-state index in [0.717, 1.165) is 30.8 Å². The van der Waals surface area contributed by atoms with Gasteiger partial charge in [-0.05, 0) is 37.6 Å². The SMILES string of the molecule is CCCCN(C)C(=O)CCN(C(C)=O)c1ccc(OCC)cc1. The number of nitrogens with zero attached hydrogens (tertiary/aromatic N) is 2. The van der Waals surface area contributed by atoms with Gasteiger partial charge in [-0.3, -0.25) is 9.59 Å². The van der Waals surface area contributed by atoms with Gasteiger partial charge in [-0.15, -0.1) is 0 Å². The maximum Gasteiger partial charge on any atom is 0.224 e. The second-order valence-electron chi connectivity index (χ2n) is 5.52. The molecule has 0 heterocycles. The minimum atomic E-state index is -0.0711. The van der Waals surface area contributed by atoms with Gasteiger partial charge in [0.2, 0.25) is 11.8 Å². The summed E-state index contributed by atoms with van der Waals surface area (Å²) in [7, 11) is 1.81. The van der Waals surface area contributed by atoms with Gasteiger partial charge in [-0.1, -0.05) is 13.3 Å². The zero-order chi connectivity index (χ0) is 17.2. The van der Waals surface area contributed by atoms with E-state index in [2.05, 4.69) is 6.92 Å². The Kier molecular flexibility index (Phi) is 8.16. The van der Waals surface area contributed by atoms with E-state index < -0.39 is 0 Å². The predicted octanol–water partition coefficient (Wildman–Crippen LogP) is 3.09. The van der Waals surface area contributed by atoms with Gasteiger partial charge < -0.3 is 14.5 Å². The molecule has 23 heavy (non-hydrogen) atoms. The topological polar surface area (TPSA) is 49.9 Å². The van der Waals surface area contributed by atoms with E-state index in [4.69, 9.17) is 4.74 Å². The van der Waals surface area contributed by atoms with Crippen LogP contribution in [-0.2, 0) is 9.59 Å². The van der Waals surface area contributed by atoms with Crippen molar-refractivity contribution in [2.45, 2.75) is 40.0 Å². The molecule has 1 aromatic rings. The number of unbranched alkanes of at least 4 members (excludes halogenated alkanes) is 1. The molecule has 0 bridgehead atoms. The van der Waals surface area contributed by atoms with Crippen molar-refractivity contribution in [3.8, 4) is 5.75 Å². The molecule has 0 saturated heterocycles. The van der Waals surface area contributed by atoms with Crippen molar-refractivity contribution in [2.24, 2.45) is 0 Å². The molecule has 0 aromatic heterocycles. The Morgan fingerprint density at radius 2 is 1.74 bits per heavy atom. The summed E-state index contributed by atoms with van der Waals surface area (Å²) in [5, 5.41) is 0. The van der Waals surface area contributed by atoms with Crippen LogP contribution in [0.15, 0.2) is 24.3 Å². The summed E-state index contributed by atoms with van der Waals surface area (Å²) < 4.78 is 5.40. The fraction of sp³-hybridized carbons (Fsp3) is 0.556. The van der Waals surface area contributed by atoms with Crippen LogP contribution in [0.1, 0.15) is 40.0 Å². The Hall–Kier alpha value is -2.04. The third-order valence-electron chi connectivity index (χ3n) is 3.66. The fourth-order valence-corrected chi connectivity index (χ4v) is 2.28. The lowest BCUT2D eigenvalue weighted by Gasteiger charge is -2.23. The van der Waals surface area contributed by atoms with Crippen LogP contribution in [0.2, 0.25) is 0 Å². The number of hydrogen-bond acceptors (Lipinski definition) is 3. The Morgan fingerprint density at radius 3 is 2.26 bits per heavy atom. The molecule has 0 aliphatic carbocycles. The number of carbonyl (C=O) groups is 2. The molecule has 5 heteroatoms. The van der Waals surface area contributed by atoms with Crippen LogP contribution in [0.5, 0.6) is 5.75 Å². The minimum absolute atomic E-state index is 0.0654.